The summed E-state index contributed by atoms with van der Waals surface area (Å²) in [6.45, 7) is 2.40. The predicted molar refractivity (Wildman–Crippen MR) is 83.3 cm³/mol. The number of anilines is 1. The first-order chi connectivity index (χ1) is 10.3. The van der Waals surface area contributed by atoms with Gasteiger partial charge >= 0.3 is 0 Å². The zero-order chi connectivity index (χ0) is 14.2. The SMILES string of the molecule is O=C(c1cccc2c1NCCC2)N1Cc2ccccc2C1. The number of amides is 1. The zero-order valence-electron chi connectivity index (χ0n) is 11.9. The maximum Gasteiger partial charge on any atom is 0.256 e. The molecule has 0 bridgehead atoms. The number of nitrogens with one attached hydrogen (secondary N) is 1. The van der Waals surface area contributed by atoms with Gasteiger partial charge in [0.2, 0.25) is 0 Å². The Bertz CT molecular complexity index is 683. The topological polar surface area (TPSA) is 32.3 Å². The van der Waals surface area contributed by atoms with Crippen LogP contribution in [-0.4, -0.2) is 17.4 Å². The molecule has 3 nitrogen and oxygen atoms in total. The lowest BCUT2D eigenvalue weighted by Gasteiger charge is -2.23. The van der Waals surface area contributed by atoms with E-state index in [4.69, 9.17) is 0 Å². The summed E-state index contributed by atoms with van der Waals surface area (Å²) in [5.41, 5.74) is 5.67. The monoisotopic (exact) mass is 278 g/mol. The molecule has 0 atom stereocenters. The first-order valence-corrected chi connectivity index (χ1v) is 7.55. The summed E-state index contributed by atoms with van der Waals surface area (Å²) in [4.78, 5) is 14.8. The maximum atomic E-state index is 12.9. The average molecular weight is 278 g/mol. The smallest absolute Gasteiger partial charge is 0.256 e. The Kier molecular flexibility index (Phi) is 2.92. The fourth-order valence-electron chi connectivity index (χ4n) is 3.33. The van der Waals surface area contributed by atoms with E-state index < -0.39 is 0 Å². The van der Waals surface area contributed by atoms with Crippen LogP contribution in [0.25, 0.3) is 0 Å². The van der Waals surface area contributed by atoms with E-state index in [0.717, 1.165) is 43.7 Å². The first kappa shape index (κ1) is 12.5. The van der Waals surface area contributed by atoms with Gasteiger partial charge < -0.3 is 10.2 Å². The molecule has 1 N–H and O–H groups in total. The minimum atomic E-state index is 0.137. The second-order valence-corrected chi connectivity index (χ2v) is 5.80. The summed E-state index contributed by atoms with van der Waals surface area (Å²) < 4.78 is 0. The number of carbonyl (C=O) groups excluding carboxylic acids is 1. The van der Waals surface area contributed by atoms with Crippen molar-refractivity contribution in [3.63, 3.8) is 0 Å². The van der Waals surface area contributed by atoms with E-state index in [0.29, 0.717) is 0 Å². The Morgan fingerprint density at radius 2 is 1.67 bits per heavy atom. The van der Waals surface area contributed by atoms with Crippen molar-refractivity contribution in [1.29, 1.82) is 0 Å². The number of aryl methyl sites for hydroxylation is 1. The van der Waals surface area contributed by atoms with Crippen LogP contribution in [0.5, 0.6) is 0 Å². The lowest BCUT2D eigenvalue weighted by Crippen LogP contribution is -2.27. The zero-order valence-corrected chi connectivity index (χ0v) is 11.9. The number of rotatable bonds is 1. The van der Waals surface area contributed by atoms with Gasteiger partial charge in [0, 0.05) is 19.6 Å². The summed E-state index contributed by atoms with van der Waals surface area (Å²) in [6.07, 6.45) is 2.20. The summed E-state index contributed by atoms with van der Waals surface area (Å²) in [5, 5.41) is 3.41. The number of nitrogens with zero attached hydrogens (tertiary/aromatic N) is 1. The molecule has 2 aliphatic heterocycles. The van der Waals surface area contributed by atoms with Gasteiger partial charge in [-0.1, -0.05) is 36.4 Å². The van der Waals surface area contributed by atoms with Gasteiger partial charge in [0.15, 0.2) is 0 Å². The summed E-state index contributed by atoms with van der Waals surface area (Å²) in [5.74, 6) is 0.137. The molecule has 2 aromatic carbocycles. The minimum absolute atomic E-state index is 0.137. The van der Waals surface area contributed by atoms with Crippen LogP contribution in [0.4, 0.5) is 5.69 Å². The second kappa shape index (κ2) is 4.92. The number of fused-ring (bicyclic) bond motifs is 2. The number of hydrogen-bond acceptors (Lipinski definition) is 2. The third-order valence-corrected chi connectivity index (χ3v) is 4.43. The number of para-hydroxylation sites is 1. The van der Waals surface area contributed by atoms with Gasteiger partial charge in [0.25, 0.3) is 5.91 Å². The Hall–Kier alpha value is -2.29. The quantitative estimate of drug-likeness (QED) is 0.868. The van der Waals surface area contributed by atoms with E-state index >= 15 is 0 Å². The normalized spacial score (nSPS) is 16.1. The van der Waals surface area contributed by atoms with Gasteiger partial charge in [0.05, 0.1) is 11.3 Å². The van der Waals surface area contributed by atoms with Crippen LogP contribution >= 0.6 is 0 Å². The lowest BCUT2D eigenvalue weighted by atomic mass is 9.99. The Morgan fingerprint density at radius 3 is 2.43 bits per heavy atom. The van der Waals surface area contributed by atoms with E-state index in [1.54, 1.807) is 0 Å². The number of carbonyl (C=O) groups is 1. The van der Waals surface area contributed by atoms with Crippen molar-refractivity contribution in [3.8, 4) is 0 Å². The molecule has 0 spiro atoms. The van der Waals surface area contributed by atoms with Crippen LogP contribution in [0, 0.1) is 0 Å². The number of benzene rings is 2. The van der Waals surface area contributed by atoms with Crippen molar-refractivity contribution >= 4 is 11.6 Å². The van der Waals surface area contributed by atoms with Crippen LogP contribution in [0.15, 0.2) is 42.5 Å². The molecule has 0 aromatic heterocycles. The highest BCUT2D eigenvalue weighted by molar-refractivity contribution is 6.00. The van der Waals surface area contributed by atoms with E-state index in [9.17, 15) is 4.79 Å². The van der Waals surface area contributed by atoms with E-state index in [1.807, 2.05) is 29.2 Å². The Balaban J connectivity index is 1.65. The third kappa shape index (κ3) is 2.09. The van der Waals surface area contributed by atoms with Gasteiger partial charge in [-0.25, -0.2) is 0 Å². The van der Waals surface area contributed by atoms with Crippen LogP contribution in [0.2, 0.25) is 0 Å². The van der Waals surface area contributed by atoms with Crippen molar-refractivity contribution in [2.24, 2.45) is 0 Å². The Morgan fingerprint density at radius 1 is 0.952 bits per heavy atom. The van der Waals surface area contributed by atoms with Crippen molar-refractivity contribution in [2.75, 3.05) is 11.9 Å². The summed E-state index contributed by atoms with van der Waals surface area (Å²) >= 11 is 0. The predicted octanol–water partition coefficient (Wildman–Crippen LogP) is 3.20. The van der Waals surface area contributed by atoms with Crippen molar-refractivity contribution in [3.05, 3.63) is 64.7 Å². The molecule has 4 rings (SSSR count). The minimum Gasteiger partial charge on any atom is -0.384 e. The summed E-state index contributed by atoms with van der Waals surface area (Å²) in [7, 11) is 0. The molecule has 0 saturated carbocycles. The van der Waals surface area contributed by atoms with Gasteiger partial charge in [-0.05, 0) is 35.6 Å². The molecule has 2 aromatic rings. The molecule has 0 aliphatic carbocycles. The maximum absolute atomic E-state index is 12.9. The first-order valence-electron chi connectivity index (χ1n) is 7.55. The van der Waals surface area contributed by atoms with Crippen LogP contribution in [-0.2, 0) is 19.5 Å². The molecule has 0 unspecified atom stereocenters. The highest BCUT2D eigenvalue weighted by Gasteiger charge is 2.26. The molecule has 3 heteroatoms. The standard InChI is InChI=1S/C18H18N2O/c21-18(20-11-14-5-1-2-6-15(14)12-20)16-9-3-7-13-8-4-10-19-17(13)16/h1-3,5-7,9,19H,4,8,10-12H2. The van der Waals surface area contributed by atoms with Crippen LogP contribution in [0.1, 0.15) is 33.5 Å². The Labute approximate surface area is 124 Å². The van der Waals surface area contributed by atoms with E-state index in [1.165, 1.54) is 16.7 Å². The van der Waals surface area contributed by atoms with Gasteiger partial charge in [-0.2, -0.15) is 0 Å². The average Bonchev–Trinajstić information content (AvgIpc) is 2.97. The molecule has 0 saturated heterocycles. The van der Waals surface area contributed by atoms with E-state index in [2.05, 4.69) is 23.5 Å². The molecular formula is C18H18N2O. The van der Waals surface area contributed by atoms with Crippen molar-refractivity contribution in [1.82, 2.24) is 4.90 Å². The van der Waals surface area contributed by atoms with Crippen LogP contribution < -0.4 is 5.32 Å². The summed E-state index contributed by atoms with van der Waals surface area (Å²) in [6, 6.07) is 14.4. The molecule has 21 heavy (non-hydrogen) atoms. The lowest BCUT2D eigenvalue weighted by molar-refractivity contribution is 0.0752. The molecule has 0 radical (unpaired) electrons. The van der Waals surface area contributed by atoms with Crippen LogP contribution in [0.3, 0.4) is 0 Å². The van der Waals surface area contributed by atoms with Gasteiger partial charge in [-0.3, -0.25) is 4.79 Å². The van der Waals surface area contributed by atoms with Gasteiger partial charge in [-0.15, -0.1) is 0 Å². The number of hydrogen-bond donors (Lipinski definition) is 1. The molecule has 106 valence electrons. The highest BCUT2D eigenvalue weighted by Crippen LogP contribution is 2.30. The largest absolute Gasteiger partial charge is 0.384 e. The molecule has 0 fully saturated rings. The second-order valence-electron chi connectivity index (χ2n) is 5.80. The molecule has 2 aliphatic rings. The fourth-order valence-corrected chi connectivity index (χ4v) is 3.33. The van der Waals surface area contributed by atoms with E-state index in [-0.39, 0.29) is 5.91 Å². The highest BCUT2D eigenvalue weighted by atomic mass is 16.2. The third-order valence-electron chi connectivity index (χ3n) is 4.43. The van der Waals surface area contributed by atoms with Gasteiger partial charge in [0.1, 0.15) is 0 Å². The molecule has 2 heterocycles. The molecular weight excluding hydrogens is 260 g/mol. The van der Waals surface area contributed by atoms with Crippen molar-refractivity contribution < 1.29 is 4.79 Å². The van der Waals surface area contributed by atoms with Crippen molar-refractivity contribution in [2.45, 2.75) is 25.9 Å². The fraction of sp³-hybridized carbons (Fsp3) is 0.278. The molecule has 1 amide bonds.